The summed E-state index contributed by atoms with van der Waals surface area (Å²) in [6.07, 6.45) is 0.665. The fraction of sp³-hybridized carbons (Fsp3) is 0.500. The highest BCUT2D eigenvalue weighted by molar-refractivity contribution is 5.81. The predicted molar refractivity (Wildman–Crippen MR) is 87.4 cm³/mol. The van der Waals surface area contributed by atoms with Crippen molar-refractivity contribution in [2.24, 2.45) is 25.7 Å². The fourth-order valence-corrected chi connectivity index (χ4v) is 2.60. The maximum absolute atomic E-state index is 11.9. The van der Waals surface area contributed by atoms with E-state index in [-0.39, 0.29) is 11.6 Å². The number of nitrogens with two attached hydrogens (primary N) is 1. The van der Waals surface area contributed by atoms with Crippen LogP contribution in [0.25, 0.3) is 11.0 Å². The third-order valence-electron chi connectivity index (χ3n) is 3.87. The Kier molecular flexibility index (Phi) is 4.71. The summed E-state index contributed by atoms with van der Waals surface area (Å²) in [5.74, 6) is 0.242. The van der Waals surface area contributed by atoms with E-state index in [2.05, 4.69) is 5.32 Å². The van der Waals surface area contributed by atoms with Gasteiger partial charge in [0.15, 0.2) is 0 Å². The van der Waals surface area contributed by atoms with E-state index in [1.807, 2.05) is 32.0 Å². The van der Waals surface area contributed by atoms with Crippen LogP contribution < -0.4 is 16.7 Å². The number of aryl methyl sites for hydroxylation is 2. The molecule has 1 heterocycles. The van der Waals surface area contributed by atoms with Crippen LogP contribution in [0.1, 0.15) is 25.8 Å². The van der Waals surface area contributed by atoms with E-state index in [1.165, 1.54) is 0 Å². The summed E-state index contributed by atoms with van der Waals surface area (Å²) in [7, 11) is 3.49. The van der Waals surface area contributed by atoms with Gasteiger partial charge in [-0.25, -0.2) is 4.79 Å². The molecule has 6 heteroatoms. The van der Waals surface area contributed by atoms with Crippen LogP contribution >= 0.6 is 0 Å². The lowest BCUT2D eigenvalue weighted by Crippen LogP contribution is -2.41. The van der Waals surface area contributed by atoms with Crippen LogP contribution in [0.2, 0.25) is 0 Å². The molecule has 0 saturated heterocycles. The number of benzene rings is 1. The molecule has 0 spiro atoms. The van der Waals surface area contributed by atoms with Gasteiger partial charge in [0, 0.05) is 20.6 Å². The molecule has 1 aromatic carbocycles. The summed E-state index contributed by atoms with van der Waals surface area (Å²) in [6.45, 7) is 4.48. The normalized spacial score (nSPS) is 12.8. The topological polar surface area (TPSA) is 82.1 Å². The molecular formula is C16H24N4O2. The summed E-state index contributed by atoms with van der Waals surface area (Å²) >= 11 is 0. The Balaban J connectivity index is 2.11. The molecule has 0 aliphatic carbocycles. The van der Waals surface area contributed by atoms with E-state index >= 15 is 0 Å². The number of hydrogen-bond donors (Lipinski definition) is 2. The number of fused-ring (bicyclic) bond motifs is 1. The number of hydrogen-bond acceptors (Lipinski definition) is 3. The molecule has 0 aliphatic heterocycles. The smallest absolute Gasteiger partial charge is 0.328 e. The molecule has 0 fully saturated rings. The Hall–Kier alpha value is -2.08. The van der Waals surface area contributed by atoms with Crippen molar-refractivity contribution < 1.29 is 4.79 Å². The average Bonchev–Trinajstić information content (AvgIpc) is 2.68. The number of nitrogens with zero attached hydrogens (tertiary/aromatic N) is 2. The van der Waals surface area contributed by atoms with Gasteiger partial charge in [-0.3, -0.25) is 13.9 Å². The largest absolute Gasteiger partial charge is 0.351 e. The molecule has 0 unspecified atom stereocenters. The zero-order valence-electron chi connectivity index (χ0n) is 13.6. The predicted octanol–water partition coefficient (Wildman–Crippen LogP) is 0.867. The van der Waals surface area contributed by atoms with Gasteiger partial charge >= 0.3 is 5.69 Å². The molecule has 0 aliphatic rings. The van der Waals surface area contributed by atoms with Gasteiger partial charge in [-0.2, -0.15) is 0 Å². The second kappa shape index (κ2) is 6.36. The second-order valence-corrected chi connectivity index (χ2v) is 6.18. The molecule has 22 heavy (non-hydrogen) atoms. The van der Waals surface area contributed by atoms with Crippen molar-refractivity contribution >= 4 is 16.9 Å². The van der Waals surface area contributed by atoms with E-state index in [4.69, 9.17) is 5.73 Å². The maximum atomic E-state index is 11.9. The minimum atomic E-state index is -0.482. The molecule has 3 N–H and O–H groups in total. The molecule has 0 radical (unpaired) electrons. The molecule has 2 aromatic rings. The van der Waals surface area contributed by atoms with E-state index in [0.29, 0.717) is 18.9 Å². The highest BCUT2D eigenvalue weighted by Gasteiger charge is 2.15. The van der Waals surface area contributed by atoms with E-state index < -0.39 is 6.04 Å². The quantitative estimate of drug-likeness (QED) is 0.860. The van der Waals surface area contributed by atoms with E-state index in [0.717, 1.165) is 16.6 Å². The van der Waals surface area contributed by atoms with Gasteiger partial charge in [-0.15, -0.1) is 0 Å². The number of carbonyl (C=O) groups is 1. The second-order valence-electron chi connectivity index (χ2n) is 6.18. The SMILES string of the molecule is CC(C)C[C@@H](N)C(=O)NCc1ccc2c(c1)n(C)c(=O)n2C. The van der Waals surface area contributed by atoms with Crippen LogP contribution in [0.15, 0.2) is 23.0 Å². The molecule has 0 saturated carbocycles. The van der Waals surface area contributed by atoms with Crippen LogP contribution in [-0.2, 0) is 25.4 Å². The Bertz CT molecular complexity index is 742. The van der Waals surface area contributed by atoms with Crippen molar-refractivity contribution in [2.75, 3.05) is 0 Å². The third-order valence-corrected chi connectivity index (χ3v) is 3.87. The minimum absolute atomic E-state index is 0.0601. The highest BCUT2D eigenvalue weighted by atomic mass is 16.2. The van der Waals surface area contributed by atoms with Crippen molar-refractivity contribution in [2.45, 2.75) is 32.9 Å². The van der Waals surface area contributed by atoms with Gasteiger partial charge in [0.2, 0.25) is 5.91 Å². The average molecular weight is 304 g/mol. The summed E-state index contributed by atoms with van der Waals surface area (Å²) in [4.78, 5) is 23.8. The third kappa shape index (κ3) is 3.22. The zero-order valence-corrected chi connectivity index (χ0v) is 13.6. The van der Waals surface area contributed by atoms with Crippen LogP contribution in [0.4, 0.5) is 0 Å². The Morgan fingerprint density at radius 2 is 1.86 bits per heavy atom. The first kappa shape index (κ1) is 16.3. The molecule has 1 amide bonds. The van der Waals surface area contributed by atoms with Crippen LogP contribution in [0, 0.1) is 5.92 Å². The molecule has 6 nitrogen and oxygen atoms in total. The van der Waals surface area contributed by atoms with E-state index in [9.17, 15) is 9.59 Å². The van der Waals surface area contributed by atoms with Gasteiger partial charge < -0.3 is 11.1 Å². The van der Waals surface area contributed by atoms with Crippen molar-refractivity contribution in [1.29, 1.82) is 0 Å². The van der Waals surface area contributed by atoms with Crippen molar-refractivity contribution in [1.82, 2.24) is 14.5 Å². The molecule has 1 aromatic heterocycles. The van der Waals surface area contributed by atoms with E-state index in [1.54, 1.807) is 23.2 Å². The monoisotopic (exact) mass is 304 g/mol. The van der Waals surface area contributed by atoms with Crippen molar-refractivity contribution in [3.05, 3.63) is 34.2 Å². The molecule has 0 bridgehead atoms. The lowest BCUT2D eigenvalue weighted by atomic mass is 10.0. The first-order chi connectivity index (χ1) is 10.3. The first-order valence-electron chi connectivity index (χ1n) is 7.49. The fourth-order valence-electron chi connectivity index (χ4n) is 2.60. The van der Waals surface area contributed by atoms with Gasteiger partial charge in [0.25, 0.3) is 0 Å². The number of carbonyl (C=O) groups excluding carboxylic acids is 1. The molecule has 2 rings (SSSR count). The lowest BCUT2D eigenvalue weighted by molar-refractivity contribution is -0.122. The molecular weight excluding hydrogens is 280 g/mol. The number of imidazole rings is 1. The summed E-state index contributed by atoms with van der Waals surface area (Å²) in [5.41, 5.74) is 8.47. The van der Waals surface area contributed by atoms with Crippen molar-refractivity contribution in [3.8, 4) is 0 Å². The summed E-state index contributed by atoms with van der Waals surface area (Å²) in [5, 5.41) is 2.85. The lowest BCUT2D eigenvalue weighted by Gasteiger charge is -2.14. The summed E-state index contributed by atoms with van der Waals surface area (Å²) in [6, 6.07) is 5.25. The minimum Gasteiger partial charge on any atom is -0.351 e. The van der Waals surface area contributed by atoms with Crippen LogP contribution in [-0.4, -0.2) is 21.1 Å². The Morgan fingerprint density at radius 1 is 1.23 bits per heavy atom. The Labute approximate surface area is 129 Å². The van der Waals surface area contributed by atoms with Gasteiger partial charge in [-0.1, -0.05) is 19.9 Å². The zero-order chi connectivity index (χ0) is 16.4. The first-order valence-corrected chi connectivity index (χ1v) is 7.49. The number of aromatic nitrogens is 2. The van der Waals surface area contributed by atoms with Gasteiger partial charge in [0.05, 0.1) is 17.1 Å². The van der Waals surface area contributed by atoms with Crippen LogP contribution in [0.5, 0.6) is 0 Å². The number of amides is 1. The number of rotatable bonds is 5. The maximum Gasteiger partial charge on any atom is 0.328 e. The molecule has 1 atom stereocenters. The van der Waals surface area contributed by atoms with Crippen molar-refractivity contribution in [3.63, 3.8) is 0 Å². The Morgan fingerprint density at radius 3 is 2.50 bits per heavy atom. The van der Waals surface area contributed by atoms with Crippen LogP contribution in [0.3, 0.4) is 0 Å². The van der Waals surface area contributed by atoms with Gasteiger partial charge in [-0.05, 0) is 30.0 Å². The molecule has 120 valence electrons. The van der Waals surface area contributed by atoms with Gasteiger partial charge in [0.1, 0.15) is 0 Å². The summed E-state index contributed by atoms with van der Waals surface area (Å²) < 4.78 is 3.21. The standard InChI is InChI=1S/C16H24N4O2/c1-10(2)7-12(17)15(21)18-9-11-5-6-13-14(8-11)20(4)16(22)19(13)3/h5-6,8,10,12H,7,9,17H2,1-4H3,(H,18,21)/t12-/m1/s1. The highest BCUT2D eigenvalue weighted by Crippen LogP contribution is 2.14. The number of nitrogens with one attached hydrogen (secondary N) is 1.